The molecule has 178 valence electrons. The first-order chi connectivity index (χ1) is 16.2. The average molecular weight is 470 g/mol. The number of alkyl halides is 3. The van der Waals surface area contributed by atoms with Crippen molar-refractivity contribution in [2.24, 2.45) is 5.92 Å². The molecule has 1 saturated heterocycles. The van der Waals surface area contributed by atoms with Gasteiger partial charge in [0.05, 0.1) is 5.56 Å². The third-order valence-corrected chi connectivity index (χ3v) is 5.86. The molecule has 34 heavy (non-hydrogen) atoms. The third kappa shape index (κ3) is 5.65. The van der Waals surface area contributed by atoms with E-state index >= 15 is 0 Å². The first kappa shape index (κ1) is 23.5. The number of aryl methyl sites for hydroxylation is 1. The molecular formula is C25H25F3N4O2. The second-order valence-electron chi connectivity index (χ2n) is 8.32. The van der Waals surface area contributed by atoms with Gasteiger partial charge in [0.2, 0.25) is 0 Å². The number of nitrogens with one attached hydrogen (secondary N) is 1. The Morgan fingerprint density at radius 1 is 1.15 bits per heavy atom. The second-order valence-corrected chi connectivity index (χ2v) is 8.32. The molecule has 1 fully saturated rings. The van der Waals surface area contributed by atoms with Crippen LogP contribution in [0.1, 0.15) is 35.8 Å². The van der Waals surface area contributed by atoms with Crippen LogP contribution in [0.25, 0.3) is 11.1 Å². The molecule has 4 rings (SSSR count). The number of hydrogen-bond donors (Lipinski definition) is 1. The quantitative estimate of drug-likeness (QED) is 0.490. The number of carbonyl (C=O) groups excluding carboxylic acids is 1. The summed E-state index contributed by atoms with van der Waals surface area (Å²) in [5.74, 6) is 0.643. The summed E-state index contributed by atoms with van der Waals surface area (Å²) in [6.07, 6.45) is 0.720. The van der Waals surface area contributed by atoms with Gasteiger partial charge in [-0.1, -0.05) is 19.4 Å². The van der Waals surface area contributed by atoms with E-state index in [2.05, 4.69) is 31.8 Å². The molecule has 2 aromatic heterocycles. The number of nitrogens with zero attached hydrogens (tertiary/aromatic N) is 3. The number of halogens is 3. The standard InChI is InChI=1S/C25H25F3N4O2/c1-3-17-10-11-32(15-17)23-22(18-5-4-16(2)29-13-18)12-19(14-30-23)24(33)31-20-6-8-21(9-7-20)34-25(26,27)28/h4-9,12-14,17H,3,10-11,15H2,1-2H3,(H,31,33)/t17-/m0/s1. The molecule has 1 aliphatic rings. The second kappa shape index (κ2) is 9.70. The molecule has 0 unspecified atom stereocenters. The summed E-state index contributed by atoms with van der Waals surface area (Å²) in [5.41, 5.74) is 3.23. The van der Waals surface area contributed by atoms with Gasteiger partial charge in [0.25, 0.3) is 5.91 Å². The lowest BCUT2D eigenvalue weighted by atomic mass is 10.0. The maximum absolute atomic E-state index is 12.9. The molecule has 0 spiro atoms. The van der Waals surface area contributed by atoms with Crippen LogP contribution in [0.15, 0.2) is 54.9 Å². The highest BCUT2D eigenvalue weighted by Gasteiger charge is 2.31. The fraction of sp³-hybridized carbons (Fsp3) is 0.320. The summed E-state index contributed by atoms with van der Waals surface area (Å²) < 4.78 is 40.9. The van der Waals surface area contributed by atoms with Crippen molar-refractivity contribution in [3.8, 4) is 16.9 Å². The minimum absolute atomic E-state index is 0.334. The van der Waals surface area contributed by atoms with Crippen molar-refractivity contribution in [2.75, 3.05) is 23.3 Å². The highest BCUT2D eigenvalue weighted by atomic mass is 19.4. The predicted molar refractivity (Wildman–Crippen MR) is 124 cm³/mol. The molecule has 6 nitrogen and oxygen atoms in total. The zero-order chi connectivity index (χ0) is 24.3. The van der Waals surface area contributed by atoms with Crippen molar-refractivity contribution < 1.29 is 22.7 Å². The lowest BCUT2D eigenvalue weighted by Gasteiger charge is -2.21. The molecule has 3 aromatic rings. The molecule has 0 aliphatic carbocycles. The van der Waals surface area contributed by atoms with Gasteiger partial charge in [-0.25, -0.2) is 4.98 Å². The Hall–Kier alpha value is -3.62. The summed E-state index contributed by atoms with van der Waals surface area (Å²) in [6.45, 7) is 5.90. The molecule has 1 aromatic carbocycles. The van der Waals surface area contributed by atoms with Crippen molar-refractivity contribution in [1.82, 2.24) is 9.97 Å². The summed E-state index contributed by atoms with van der Waals surface area (Å²) in [6, 6.07) is 10.6. The molecular weight excluding hydrogens is 445 g/mol. The topological polar surface area (TPSA) is 67.4 Å². The number of hydrogen-bond acceptors (Lipinski definition) is 5. The molecule has 9 heteroatoms. The van der Waals surface area contributed by atoms with Crippen molar-refractivity contribution in [3.05, 3.63) is 66.1 Å². The van der Waals surface area contributed by atoms with Gasteiger partial charge in [-0.05, 0) is 55.7 Å². The van der Waals surface area contributed by atoms with Gasteiger partial charge in [-0.15, -0.1) is 13.2 Å². The van der Waals surface area contributed by atoms with E-state index in [1.54, 1.807) is 12.3 Å². The smallest absolute Gasteiger partial charge is 0.406 e. The highest BCUT2D eigenvalue weighted by molar-refractivity contribution is 6.05. The molecule has 3 heterocycles. The summed E-state index contributed by atoms with van der Waals surface area (Å²) in [7, 11) is 0. The van der Waals surface area contributed by atoms with Crippen LogP contribution in [0.4, 0.5) is 24.7 Å². The SMILES string of the molecule is CC[C@H]1CCN(c2ncc(C(=O)Nc3ccc(OC(F)(F)F)cc3)cc2-c2ccc(C)nc2)C1. The van der Waals surface area contributed by atoms with E-state index in [9.17, 15) is 18.0 Å². The molecule has 1 atom stereocenters. The first-order valence-corrected chi connectivity index (χ1v) is 11.1. The van der Waals surface area contributed by atoms with Crippen LogP contribution in [0.2, 0.25) is 0 Å². The summed E-state index contributed by atoms with van der Waals surface area (Å²) >= 11 is 0. The Bertz CT molecular complexity index is 1150. The van der Waals surface area contributed by atoms with E-state index in [4.69, 9.17) is 0 Å². The number of rotatable bonds is 6. The van der Waals surface area contributed by atoms with E-state index in [-0.39, 0.29) is 5.75 Å². The maximum atomic E-state index is 12.9. The van der Waals surface area contributed by atoms with Gasteiger partial charge in [0.15, 0.2) is 0 Å². The average Bonchev–Trinajstić information content (AvgIpc) is 3.29. The molecule has 1 aliphatic heterocycles. The Morgan fingerprint density at radius 3 is 2.53 bits per heavy atom. The fourth-order valence-electron chi connectivity index (χ4n) is 3.97. The zero-order valence-electron chi connectivity index (χ0n) is 18.9. The zero-order valence-corrected chi connectivity index (χ0v) is 18.9. The van der Waals surface area contributed by atoms with Crippen LogP contribution in [0, 0.1) is 12.8 Å². The lowest BCUT2D eigenvalue weighted by Crippen LogP contribution is -2.22. The van der Waals surface area contributed by atoms with Crippen LogP contribution in [-0.2, 0) is 0 Å². The number of amides is 1. The van der Waals surface area contributed by atoms with Crippen molar-refractivity contribution in [3.63, 3.8) is 0 Å². The van der Waals surface area contributed by atoms with Crippen molar-refractivity contribution in [2.45, 2.75) is 33.1 Å². The molecule has 1 N–H and O–H groups in total. The van der Waals surface area contributed by atoms with E-state index in [0.717, 1.165) is 60.7 Å². The number of benzene rings is 1. The van der Waals surface area contributed by atoms with Crippen LogP contribution in [0.5, 0.6) is 5.75 Å². The number of ether oxygens (including phenoxy) is 1. The Balaban J connectivity index is 1.59. The van der Waals surface area contributed by atoms with Crippen LogP contribution < -0.4 is 15.0 Å². The van der Waals surface area contributed by atoms with E-state index in [1.807, 2.05) is 19.1 Å². The largest absolute Gasteiger partial charge is 0.573 e. The predicted octanol–water partition coefficient (Wildman–Crippen LogP) is 5.84. The van der Waals surface area contributed by atoms with Crippen molar-refractivity contribution in [1.29, 1.82) is 0 Å². The van der Waals surface area contributed by atoms with E-state index in [0.29, 0.717) is 17.2 Å². The Labute approximate surface area is 195 Å². The van der Waals surface area contributed by atoms with Crippen LogP contribution in [-0.4, -0.2) is 35.3 Å². The Kier molecular flexibility index (Phi) is 6.72. The minimum Gasteiger partial charge on any atom is -0.406 e. The summed E-state index contributed by atoms with van der Waals surface area (Å²) in [5, 5.41) is 2.70. The number of anilines is 2. The molecule has 0 bridgehead atoms. The lowest BCUT2D eigenvalue weighted by molar-refractivity contribution is -0.274. The monoisotopic (exact) mass is 470 g/mol. The van der Waals surface area contributed by atoms with Crippen LogP contribution in [0.3, 0.4) is 0 Å². The van der Waals surface area contributed by atoms with Gasteiger partial charge in [-0.3, -0.25) is 9.78 Å². The van der Waals surface area contributed by atoms with E-state index in [1.165, 1.54) is 18.3 Å². The highest BCUT2D eigenvalue weighted by Crippen LogP contribution is 2.34. The maximum Gasteiger partial charge on any atom is 0.573 e. The minimum atomic E-state index is -4.77. The third-order valence-electron chi connectivity index (χ3n) is 5.86. The Morgan fingerprint density at radius 2 is 1.91 bits per heavy atom. The summed E-state index contributed by atoms with van der Waals surface area (Å²) in [4.78, 5) is 24.2. The van der Waals surface area contributed by atoms with Gasteiger partial charge in [0.1, 0.15) is 11.6 Å². The van der Waals surface area contributed by atoms with Crippen LogP contribution >= 0.6 is 0 Å². The molecule has 0 radical (unpaired) electrons. The van der Waals surface area contributed by atoms with Crippen molar-refractivity contribution >= 4 is 17.4 Å². The molecule has 1 amide bonds. The first-order valence-electron chi connectivity index (χ1n) is 11.1. The normalized spacial score (nSPS) is 15.9. The number of aromatic nitrogens is 2. The molecule has 0 saturated carbocycles. The number of carbonyl (C=O) groups is 1. The van der Waals surface area contributed by atoms with Gasteiger partial charge >= 0.3 is 6.36 Å². The van der Waals surface area contributed by atoms with Gasteiger partial charge in [0, 0.05) is 48.0 Å². The fourth-order valence-corrected chi connectivity index (χ4v) is 3.97. The van der Waals surface area contributed by atoms with Gasteiger partial charge in [-0.2, -0.15) is 0 Å². The van der Waals surface area contributed by atoms with Gasteiger partial charge < -0.3 is 15.0 Å². The number of pyridine rings is 2. The van der Waals surface area contributed by atoms with E-state index < -0.39 is 12.3 Å².